The molecule has 0 unspecified atom stereocenters. The molecule has 19 heavy (non-hydrogen) atoms. The van der Waals surface area contributed by atoms with Crippen LogP contribution in [0.25, 0.3) is 0 Å². The molecule has 0 fully saturated rings. The van der Waals surface area contributed by atoms with Gasteiger partial charge in [-0.15, -0.1) is 0 Å². The molecule has 4 nitrogen and oxygen atoms in total. The summed E-state index contributed by atoms with van der Waals surface area (Å²) in [7, 11) is -3.44. The van der Waals surface area contributed by atoms with Crippen molar-refractivity contribution in [1.82, 2.24) is 4.31 Å². The van der Waals surface area contributed by atoms with Crippen LogP contribution in [0, 0.1) is 0 Å². The number of hydrogen-bond acceptors (Lipinski definition) is 3. The van der Waals surface area contributed by atoms with Crippen LogP contribution in [-0.4, -0.2) is 32.4 Å². The Morgan fingerprint density at radius 3 is 2.32 bits per heavy atom. The molecule has 0 aliphatic heterocycles. The number of nitrogens with zero attached hydrogens (tertiary/aromatic N) is 1. The topological polar surface area (TPSA) is 63.4 Å². The highest BCUT2D eigenvalue weighted by Gasteiger charge is 2.22. The van der Waals surface area contributed by atoms with Crippen LogP contribution in [-0.2, 0) is 16.4 Å². The summed E-state index contributed by atoms with van der Waals surface area (Å²) in [5, 5.41) is 0. The first-order chi connectivity index (χ1) is 8.91. The molecule has 0 heterocycles. The van der Waals surface area contributed by atoms with E-state index in [1.807, 2.05) is 26.0 Å². The minimum Gasteiger partial charge on any atom is -0.330 e. The van der Waals surface area contributed by atoms with Crippen LogP contribution in [0.15, 0.2) is 41.3 Å². The van der Waals surface area contributed by atoms with Gasteiger partial charge < -0.3 is 5.73 Å². The molecule has 0 amide bonds. The van der Waals surface area contributed by atoms with Gasteiger partial charge in [-0.3, -0.25) is 0 Å². The van der Waals surface area contributed by atoms with Crippen molar-refractivity contribution in [2.75, 3.05) is 19.6 Å². The van der Waals surface area contributed by atoms with E-state index >= 15 is 0 Å². The molecule has 0 radical (unpaired) electrons. The van der Waals surface area contributed by atoms with Crippen LogP contribution >= 0.6 is 0 Å². The van der Waals surface area contributed by atoms with Crippen molar-refractivity contribution >= 4 is 10.0 Å². The van der Waals surface area contributed by atoms with Gasteiger partial charge in [-0.05, 0) is 37.6 Å². The van der Waals surface area contributed by atoms with Gasteiger partial charge in [0.15, 0.2) is 0 Å². The number of benzene rings is 1. The number of likely N-dealkylation sites (N-methyl/N-ethyl adjacent to an activating group) is 1. The number of sulfonamides is 1. The summed E-state index contributed by atoms with van der Waals surface area (Å²) >= 11 is 0. The second-order valence-electron chi connectivity index (χ2n) is 4.57. The molecule has 0 spiro atoms. The van der Waals surface area contributed by atoms with E-state index in [9.17, 15) is 8.42 Å². The fourth-order valence-corrected chi connectivity index (χ4v) is 3.32. The van der Waals surface area contributed by atoms with Gasteiger partial charge in [0, 0.05) is 13.1 Å². The van der Waals surface area contributed by atoms with Gasteiger partial charge in [-0.1, -0.05) is 31.2 Å². The first-order valence-electron chi connectivity index (χ1n) is 6.35. The Bertz CT molecular complexity index is 521. The second kappa shape index (κ2) is 6.84. The summed E-state index contributed by atoms with van der Waals surface area (Å²) in [6.45, 7) is 8.75. The van der Waals surface area contributed by atoms with E-state index in [1.165, 1.54) is 4.31 Å². The number of nitrogens with two attached hydrogens (primary N) is 1. The molecule has 0 aliphatic rings. The molecule has 0 saturated heterocycles. The minimum absolute atomic E-state index is 0.316. The van der Waals surface area contributed by atoms with Gasteiger partial charge in [0.1, 0.15) is 0 Å². The van der Waals surface area contributed by atoms with E-state index in [0.717, 1.165) is 17.6 Å². The second-order valence-corrected chi connectivity index (χ2v) is 6.51. The van der Waals surface area contributed by atoms with Crippen molar-refractivity contribution in [3.8, 4) is 0 Å². The molecular weight excluding hydrogens is 260 g/mol. The summed E-state index contributed by atoms with van der Waals surface area (Å²) in [5.74, 6) is 0. The molecule has 0 bridgehead atoms. The van der Waals surface area contributed by atoms with E-state index in [1.54, 1.807) is 12.1 Å². The number of rotatable bonds is 7. The summed E-state index contributed by atoms with van der Waals surface area (Å²) in [6, 6.07) is 6.91. The highest BCUT2D eigenvalue weighted by Crippen LogP contribution is 2.17. The molecule has 1 rings (SSSR count). The van der Waals surface area contributed by atoms with E-state index < -0.39 is 10.0 Å². The third-order valence-electron chi connectivity index (χ3n) is 2.79. The first kappa shape index (κ1) is 15.9. The SMILES string of the molecule is C=C(C)CN(CC)S(=O)(=O)c1ccc(CCN)cc1. The summed E-state index contributed by atoms with van der Waals surface area (Å²) in [6.07, 6.45) is 0.754. The zero-order chi connectivity index (χ0) is 14.5. The molecule has 1 aromatic rings. The van der Waals surface area contributed by atoms with Gasteiger partial charge in [-0.2, -0.15) is 4.31 Å². The summed E-state index contributed by atoms with van der Waals surface area (Å²) < 4.78 is 26.3. The lowest BCUT2D eigenvalue weighted by Gasteiger charge is -2.20. The zero-order valence-electron chi connectivity index (χ0n) is 11.6. The van der Waals surface area contributed by atoms with Crippen LogP contribution in [0.1, 0.15) is 19.4 Å². The lowest BCUT2D eigenvalue weighted by atomic mass is 10.2. The Morgan fingerprint density at radius 1 is 1.32 bits per heavy atom. The zero-order valence-corrected chi connectivity index (χ0v) is 12.4. The maximum Gasteiger partial charge on any atom is 0.243 e. The predicted molar refractivity (Wildman–Crippen MR) is 78.4 cm³/mol. The largest absolute Gasteiger partial charge is 0.330 e. The quantitative estimate of drug-likeness (QED) is 0.775. The maximum absolute atomic E-state index is 12.4. The van der Waals surface area contributed by atoms with E-state index in [-0.39, 0.29) is 0 Å². The average Bonchev–Trinajstić information content (AvgIpc) is 2.36. The Morgan fingerprint density at radius 2 is 1.89 bits per heavy atom. The molecule has 1 aromatic carbocycles. The molecule has 106 valence electrons. The molecular formula is C14H22N2O2S. The lowest BCUT2D eigenvalue weighted by Crippen LogP contribution is -2.32. The van der Waals surface area contributed by atoms with Crippen LogP contribution in [0.2, 0.25) is 0 Å². The third-order valence-corrected chi connectivity index (χ3v) is 4.73. The molecule has 0 aromatic heterocycles. The highest BCUT2D eigenvalue weighted by atomic mass is 32.2. The monoisotopic (exact) mass is 282 g/mol. The summed E-state index contributed by atoms with van der Waals surface area (Å²) in [5.41, 5.74) is 7.34. The molecule has 0 aliphatic carbocycles. The Kier molecular flexibility index (Phi) is 5.72. The van der Waals surface area contributed by atoms with Crippen molar-refractivity contribution in [2.45, 2.75) is 25.2 Å². The third kappa shape index (κ3) is 4.16. The number of hydrogen-bond donors (Lipinski definition) is 1. The molecule has 0 saturated carbocycles. The van der Waals surface area contributed by atoms with Crippen molar-refractivity contribution in [1.29, 1.82) is 0 Å². The fraction of sp³-hybridized carbons (Fsp3) is 0.429. The van der Waals surface area contributed by atoms with Crippen LogP contribution in [0.4, 0.5) is 0 Å². The predicted octanol–water partition coefficient (Wildman–Crippen LogP) is 1.77. The van der Waals surface area contributed by atoms with Crippen LogP contribution < -0.4 is 5.73 Å². The molecule has 5 heteroatoms. The standard InChI is InChI=1S/C14H22N2O2S/c1-4-16(11-12(2)3)19(17,18)14-7-5-13(6-8-14)9-10-15/h5-8H,2,4,9-11,15H2,1,3H3. The van der Waals surface area contributed by atoms with Gasteiger partial charge in [-0.25, -0.2) is 8.42 Å². The van der Waals surface area contributed by atoms with Crippen LogP contribution in [0.5, 0.6) is 0 Å². The minimum atomic E-state index is -3.44. The van der Waals surface area contributed by atoms with E-state index in [0.29, 0.717) is 24.5 Å². The van der Waals surface area contributed by atoms with Gasteiger partial charge in [0.25, 0.3) is 0 Å². The Hall–Kier alpha value is -1.17. The van der Waals surface area contributed by atoms with Gasteiger partial charge >= 0.3 is 0 Å². The molecule has 0 atom stereocenters. The summed E-state index contributed by atoms with van der Waals surface area (Å²) in [4.78, 5) is 0.316. The van der Waals surface area contributed by atoms with Crippen molar-refractivity contribution in [3.05, 3.63) is 42.0 Å². The van der Waals surface area contributed by atoms with Crippen LogP contribution in [0.3, 0.4) is 0 Å². The van der Waals surface area contributed by atoms with Crippen molar-refractivity contribution < 1.29 is 8.42 Å². The van der Waals surface area contributed by atoms with Crippen molar-refractivity contribution in [2.24, 2.45) is 5.73 Å². The van der Waals surface area contributed by atoms with Gasteiger partial charge in [0.2, 0.25) is 10.0 Å². The van der Waals surface area contributed by atoms with E-state index in [4.69, 9.17) is 5.73 Å². The Balaban J connectivity index is 3.01. The maximum atomic E-state index is 12.4. The average molecular weight is 282 g/mol. The first-order valence-corrected chi connectivity index (χ1v) is 7.79. The fourth-order valence-electron chi connectivity index (χ4n) is 1.81. The molecule has 2 N–H and O–H groups in total. The highest BCUT2D eigenvalue weighted by molar-refractivity contribution is 7.89. The van der Waals surface area contributed by atoms with Crippen molar-refractivity contribution in [3.63, 3.8) is 0 Å². The lowest BCUT2D eigenvalue weighted by molar-refractivity contribution is 0.453. The Labute approximate surface area is 116 Å². The van der Waals surface area contributed by atoms with Gasteiger partial charge in [0.05, 0.1) is 4.90 Å². The smallest absolute Gasteiger partial charge is 0.243 e. The van der Waals surface area contributed by atoms with E-state index in [2.05, 4.69) is 6.58 Å². The normalized spacial score (nSPS) is 11.8.